The lowest BCUT2D eigenvalue weighted by Crippen LogP contribution is -2.44. The average Bonchev–Trinajstić information content (AvgIpc) is 3.00. The van der Waals surface area contributed by atoms with Crippen molar-refractivity contribution < 1.29 is 22.8 Å². The van der Waals surface area contributed by atoms with E-state index < -0.39 is 40.0 Å². The van der Waals surface area contributed by atoms with Crippen LogP contribution in [-0.4, -0.2) is 56.1 Å². The molecule has 1 aliphatic rings. The number of anilines is 1. The molecule has 10 heteroatoms. The van der Waals surface area contributed by atoms with Crippen molar-refractivity contribution in [3.63, 3.8) is 0 Å². The highest BCUT2D eigenvalue weighted by molar-refractivity contribution is 7.89. The zero-order valence-corrected chi connectivity index (χ0v) is 19.9. The first-order chi connectivity index (χ1) is 15.5. The summed E-state index contributed by atoms with van der Waals surface area (Å²) < 4.78 is 26.1. The maximum Gasteiger partial charge on any atom is 0.325 e. The lowest BCUT2D eigenvalue weighted by molar-refractivity contribution is -0.134. The minimum absolute atomic E-state index is 0.0614. The van der Waals surface area contributed by atoms with Crippen LogP contribution >= 0.6 is 0 Å². The molecule has 0 bridgehead atoms. The van der Waals surface area contributed by atoms with E-state index in [1.54, 1.807) is 43.3 Å². The van der Waals surface area contributed by atoms with E-state index in [1.165, 1.54) is 20.2 Å². The number of benzene rings is 2. The summed E-state index contributed by atoms with van der Waals surface area (Å²) in [5.74, 6) is -1.11. The number of nitrogens with one attached hydrogen (secondary N) is 2. The summed E-state index contributed by atoms with van der Waals surface area (Å²) in [6.45, 7) is 3.08. The normalized spacial score (nSPS) is 18.5. The van der Waals surface area contributed by atoms with Gasteiger partial charge < -0.3 is 10.6 Å². The van der Waals surface area contributed by atoms with E-state index in [0.717, 1.165) is 9.21 Å². The van der Waals surface area contributed by atoms with Crippen LogP contribution in [0, 0.1) is 6.92 Å². The summed E-state index contributed by atoms with van der Waals surface area (Å²) >= 11 is 0. The van der Waals surface area contributed by atoms with Crippen LogP contribution in [0.25, 0.3) is 0 Å². The minimum Gasteiger partial charge on any atom is -0.324 e. The number of rotatable bonds is 8. The van der Waals surface area contributed by atoms with E-state index in [2.05, 4.69) is 10.6 Å². The van der Waals surface area contributed by atoms with Gasteiger partial charge >= 0.3 is 6.03 Å². The van der Waals surface area contributed by atoms with Gasteiger partial charge in [-0.05, 0) is 36.6 Å². The summed E-state index contributed by atoms with van der Waals surface area (Å²) in [7, 11) is -0.858. The molecule has 0 spiro atoms. The number of hydrogen-bond donors (Lipinski definition) is 2. The zero-order chi connectivity index (χ0) is 24.4. The van der Waals surface area contributed by atoms with Crippen LogP contribution in [0.5, 0.6) is 0 Å². The molecule has 1 unspecified atom stereocenters. The summed E-state index contributed by atoms with van der Waals surface area (Å²) in [4.78, 5) is 39.6. The van der Waals surface area contributed by atoms with Crippen molar-refractivity contribution in [2.45, 2.75) is 37.1 Å². The minimum atomic E-state index is -3.70. The number of carbonyl (C=O) groups is 3. The molecule has 0 aromatic heterocycles. The first-order valence-corrected chi connectivity index (χ1v) is 12.0. The second-order valence-electron chi connectivity index (χ2n) is 8.16. The van der Waals surface area contributed by atoms with Crippen LogP contribution in [0.2, 0.25) is 0 Å². The number of imide groups is 1. The Kier molecular flexibility index (Phi) is 6.89. The van der Waals surface area contributed by atoms with Gasteiger partial charge in [-0.3, -0.25) is 14.5 Å². The first kappa shape index (κ1) is 24.4. The van der Waals surface area contributed by atoms with E-state index in [1.807, 2.05) is 13.0 Å². The Morgan fingerprint density at radius 3 is 2.39 bits per heavy atom. The van der Waals surface area contributed by atoms with Crippen LogP contribution in [0.1, 0.15) is 30.9 Å². The average molecular weight is 473 g/mol. The predicted molar refractivity (Wildman–Crippen MR) is 124 cm³/mol. The van der Waals surface area contributed by atoms with Gasteiger partial charge in [-0.2, -0.15) is 0 Å². The molecule has 9 nitrogen and oxygen atoms in total. The fraction of sp³-hybridized carbons (Fsp3) is 0.348. The van der Waals surface area contributed by atoms with E-state index in [-0.39, 0.29) is 10.6 Å². The number of nitrogens with zero attached hydrogens (tertiary/aromatic N) is 2. The summed E-state index contributed by atoms with van der Waals surface area (Å²) in [5.41, 5.74) is 0.221. The first-order valence-electron chi connectivity index (χ1n) is 10.6. The van der Waals surface area contributed by atoms with Gasteiger partial charge in [0.05, 0.1) is 4.90 Å². The lowest BCUT2D eigenvalue weighted by Gasteiger charge is -2.26. The molecule has 3 rings (SSSR count). The highest BCUT2D eigenvalue weighted by Crippen LogP contribution is 2.33. The molecular weight excluding hydrogens is 444 g/mol. The second kappa shape index (κ2) is 9.32. The topological polar surface area (TPSA) is 116 Å². The van der Waals surface area contributed by atoms with Crippen LogP contribution in [0.15, 0.2) is 53.4 Å². The number of urea groups is 1. The largest absolute Gasteiger partial charge is 0.325 e. The molecule has 1 saturated heterocycles. The molecule has 1 fully saturated rings. The Hall–Kier alpha value is -3.24. The second-order valence-corrected chi connectivity index (χ2v) is 10.3. The third kappa shape index (κ3) is 4.62. The van der Waals surface area contributed by atoms with E-state index >= 15 is 0 Å². The maximum atomic E-state index is 13.3. The van der Waals surface area contributed by atoms with E-state index in [9.17, 15) is 22.8 Å². The molecule has 0 aliphatic carbocycles. The van der Waals surface area contributed by atoms with Crippen LogP contribution in [0.4, 0.5) is 10.5 Å². The standard InChI is InChI=1S/C23H28N4O5S/c1-5-13-23(17-9-7-6-8-10-17)21(29)27(22(30)25-23)15-20(28)24-18-12-11-16(2)19(14-18)33(31,32)26(3)4/h6-12,14H,5,13,15H2,1-4H3,(H,24,28)(H,25,30). The summed E-state index contributed by atoms with van der Waals surface area (Å²) in [6.07, 6.45) is 1.04. The van der Waals surface area contributed by atoms with Crippen LogP contribution < -0.4 is 10.6 Å². The van der Waals surface area contributed by atoms with Gasteiger partial charge in [0.25, 0.3) is 5.91 Å². The van der Waals surface area contributed by atoms with Crippen molar-refractivity contribution in [2.24, 2.45) is 0 Å². The predicted octanol–water partition coefficient (Wildman–Crippen LogP) is 2.43. The Bertz CT molecular complexity index is 1180. The third-order valence-electron chi connectivity index (χ3n) is 5.60. The molecule has 0 saturated carbocycles. The Morgan fingerprint density at radius 1 is 1.12 bits per heavy atom. The van der Waals surface area contributed by atoms with Crippen molar-refractivity contribution in [2.75, 3.05) is 26.0 Å². The molecule has 2 aromatic carbocycles. The van der Waals surface area contributed by atoms with Gasteiger partial charge in [0.15, 0.2) is 0 Å². The Balaban J connectivity index is 1.81. The number of carbonyl (C=O) groups excluding carboxylic acids is 3. The van der Waals surface area contributed by atoms with Crippen molar-refractivity contribution in [1.29, 1.82) is 0 Å². The zero-order valence-electron chi connectivity index (χ0n) is 19.1. The van der Waals surface area contributed by atoms with Gasteiger partial charge in [-0.15, -0.1) is 0 Å². The van der Waals surface area contributed by atoms with Crippen LogP contribution in [0.3, 0.4) is 0 Å². The summed E-state index contributed by atoms with van der Waals surface area (Å²) in [5, 5.41) is 5.37. The monoisotopic (exact) mass is 472 g/mol. The quantitative estimate of drug-likeness (QED) is 0.573. The fourth-order valence-corrected chi connectivity index (χ4v) is 5.02. The van der Waals surface area contributed by atoms with Gasteiger partial charge in [0.1, 0.15) is 12.1 Å². The van der Waals surface area contributed by atoms with Crippen LogP contribution in [-0.2, 0) is 25.2 Å². The molecule has 0 radical (unpaired) electrons. The van der Waals surface area contributed by atoms with Crippen molar-refractivity contribution in [1.82, 2.24) is 14.5 Å². The number of sulfonamides is 1. The van der Waals surface area contributed by atoms with Gasteiger partial charge in [-0.25, -0.2) is 17.5 Å². The van der Waals surface area contributed by atoms with Crippen molar-refractivity contribution >= 4 is 33.6 Å². The summed E-state index contributed by atoms with van der Waals surface area (Å²) in [6, 6.07) is 12.8. The van der Waals surface area contributed by atoms with Gasteiger partial charge in [0, 0.05) is 19.8 Å². The van der Waals surface area contributed by atoms with E-state index in [0.29, 0.717) is 24.0 Å². The molecule has 176 valence electrons. The highest BCUT2D eigenvalue weighted by atomic mass is 32.2. The Morgan fingerprint density at radius 2 is 1.79 bits per heavy atom. The van der Waals surface area contributed by atoms with Crippen molar-refractivity contribution in [3.05, 3.63) is 59.7 Å². The molecular formula is C23H28N4O5S. The fourth-order valence-electron chi connectivity index (χ4n) is 3.87. The van der Waals surface area contributed by atoms with Crippen molar-refractivity contribution in [3.8, 4) is 0 Å². The lowest BCUT2D eigenvalue weighted by atomic mass is 9.85. The smallest absolute Gasteiger partial charge is 0.324 e. The third-order valence-corrected chi connectivity index (χ3v) is 7.56. The highest BCUT2D eigenvalue weighted by Gasteiger charge is 2.52. The number of hydrogen-bond acceptors (Lipinski definition) is 5. The molecule has 4 amide bonds. The molecule has 2 N–H and O–H groups in total. The van der Waals surface area contributed by atoms with Gasteiger partial charge in [0.2, 0.25) is 15.9 Å². The van der Waals surface area contributed by atoms with E-state index in [4.69, 9.17) is 0 Å². The van der Waals surface area contributed by atoms with Gasteiger partial charge in [-0.1, -0.05) is 49.7 Å². The SMILES string of the molecule is CCCC1(c2ccccc2)NC(=O)N(CC(=O)Nc2ccc(C)c(S(=O)(=O)N(C)C)c2)C1=O. The molecule has 1 aliphatic heterocycles. The molecule has 33 heavy (non-hydrogen) atoms. The number of aryl methyl sites for hydroxylation is 1. The molecule has 1 heterocycles. The molecule has 1 atom stereocenters. The maximum absolute atomic E-state index is 13.3. The Labute approximate surface area is 193 Å². The molecule has 2 aromatic rings. The number of amides is 4.